The third-order valence-electron chi connectivity index (χ3n) is 5.15. The van der Waals surface area contributed by atoms with Gasteiger partial charge in [0.05, 0.1) is 16.2 Å². The van der Waals surface area contributed by atoms with Crippen LogP contribution in [0.25, 0.3) is 0 Å². The number of benzene rings is 2. The number of nitrogens with one attached hydrogen (secondary N) is 1. The number of hydrogen-bond donors (Lipinski definition) is 1. The minimum absolute atomic E-state index is 0.116. The molecule has 2 amide bonds. The zero-order valence-corrected chi connectivity index (χ0v) is 15.9. The van der Waals surface area contributed by atoms with Gasteiger partial charge in [0, 0.05) is 29.8 Å². The Balaban J connectivity index is 1.86. The summed E-state index contributed by atoms with van der Waals surface area (Å²) in [5.41, 5.74) is 0.819. The second-order valence-electron chi connectivity index (χ2n) is 7.15. The summed E-state index contributed by atoms with van der Waals surface area (Å²) >= 11 is 0. The van der Waals surface area contributed by atoms with E-state index in [2.05, 4.69) is 5.32 Å². The van der Waals surface area contributed by atoms with E-state index in [0.717, 1.165) is 19.3 Å². The smallest absolute Gasteiger partial charge is 0.270 e. The van der Waals surface area contributed by atoms with Gasteiger partial charge in [-0.05, 0) is 51.3 Å². The van der Waals surface area contributed by atoms with Crippen molar-refractivity contribution in [1.82, 2.24) is 4.90 Å². The second kappa shape index (κ2) is 8.21. The fourth-order valence-electron chi connectivity index (χ4n) is 3.69. The number of anilines is 1. The van der Waals surface area contributed by atoms with Gasteiger partial charge >= 0.3 is 0 Å². The van der Waals surface area contributed by atoms with E-state index in [1.54, 1.807) is 24.3 Å². The maximum Gasteiger partial charge on any atom is 0.270 e. The molecule has 0 aromatic heterocycles. The molecule has 0 spiro atoms. The van der Waals surface area contributed by atoms with Crippen molar-refractivity contribution < 1.29 is 14.5 Å². The minimum atomic E-state index is -0.548. The Kier molecular flexibility index (Phi) is 5.73. The summed E-state index contributed by atoms with van der Waals surface area (Å²) in [6, 6.07) is 12.6. The first-order chi connectivity index (χ1) is 13.4. The molecule has 2 atom stereocenters. The standard InChI is InChI=1S/C21H23N3O4/c1-14-7-5-8-15(2)23(14)21(26)18-11-3-4-12-19(18)22-20(25)16-9-6-10-17(13-16)24(27)28/h3-4,6,9-15H,5,7-8H2,1-2H3,(H,22,25)/t14-,15-/m1/s1. The minimum Gasteiger partial charge on any atom is -0.333 e. The summed E-state index contributed by atoms with van der Waals surface area (Å²) in [6.45, 7) is 4.08. The molecule has 1 heterocycles. The number of carbonyl (C=O) groups is 2. The third kappa shape index (κ3) is 4.03. The van der Waals surface area contributed by atoms with Gasteiger partial charge in [-0.15, -0.1) is 0 Å². The predicted octanol–water partition coefficient (Wildman–Crippen LogP) is 4.25. The summed E-state index contributed by atoms with van der Waals surface area (Å²) in [6.07, 6.45) is 3.01. The van der Waals surface area contributed by atoms with Crippen molar-refractivity contribution in [2.45, 2.75) is 45.2 Å². The van der Waals surface area contributed by atoms with Crippen molar-refractivity contribution in [3.05, 3.63) is 69.8 Å². The van der Waals surface area contributed by atoms with Crippen LogP contribution >= 0.6 is 0 Å². The van der Waals surface area contributed by atoms with Gasteiger partial charge in [-0.2, -0.15) is 0 Å². The fourth-order valence-corrected chi connectivity index (χ4v) is 3.69. The topological polar surface area (TPSA) is 92.6 Å². The van der Waals surface area contributed by atoms with E-state index in [-0.39, 0.29) is 29.2 Å². The van der Waals surface area contributed by atoms with Gasteiger partial charge in [0.25, 0.3) is 17.5 Å². The van der Waals surface area contributed by atoms with Crippen LogP contribution in [0.1, 0.15) is 53.8 Å². The molecule has 0 unspecified atom stereocenters. The Morgan fingerprint density at radius 3 is 2.43 bits per heavy atom. The third-order valence-corrected chi connectivity index (χ3v) is 5.15. The molecule has 0 saturated carbocycles. The largest absolute Gasteiger partial charge is 0.333 e. The number of nitro benzene ring substituents is 1. The highest BCUT2D eigenvalue weighted by atomic mass is 16.6. The summed E-state index contributed by atoms with van der Waals surface area (Å²) in [4.78, 5) is 38.1. The van der Waals surface area contributed by atoms with Gasteiger partial charge in [-0.25, -0.2) is 0 Å². The molecule has 2 aromatic carbocycles. The molecular formula is C21H23N3O4. The Hall–Kier alpha value is -3.22. The number of non-ortho nitro benzene ring substituents is 1. The zero-order valence-electron chi connectivity index (χ0n) is 15.9. The number of rotatable bonds is 4. The lowest BCUT2D eigenvalue weighted by atomic mass is 9.96. The van der Waals surface area contributed by atoms with E-state index in [4.69, 9.17) is 0 Å². The molecule has 1 saturated heterocycles. The van der Waals surface area contributed by atoms with Gasteiger partial charge in [0.15, 0.2) is 0 Å². The van der Waals surface area contributed by atoms with Crippen molar-refractivity contribution in [3.8, 4) is 0 Å². The van der Waals surface area contributed by atoms with Crippen molar-refractivity contribution in [1.29, 1.82) is 0 Å². The molecule has 7 heteroatoms. The van der Waals surface area contributed by atoms with E-state index < -0.39 is 10.8 Å². The first-order valence-electron chi connectivity index (χ1n) is 9.36. The molecule has 0 radical (unpaired) electrons. The molecule has 1 fully saturated rings. The van der Waals surface area contributed by atoms with Gasteiger partial charge in [0.2, 0.25) is 0 Å². The highest BCUT2D eigenvalue weighted by Crippen LogP contribution is 2.27. The van der Waals surface area contributed by atoms with Gasteiger partial charge in [-0.1, -0.05) is 18.2 Å². The van der Waals surface area contributed by atoms with E-state index in [1.807, 2.05) is 18.7 Å². The number of nitrogens with zero attached hydrogens (tertiary/aromatic N) is 2. The number of para-hydroxylation sites is 1. The lowest BCUT2D eigenvalue weighted by molar-refractivity contribution is -0.384. The number of hydrogen-bond acceptors (Lipinski definition) is 4. The van der Waals surface area contributed by atoms with Gasteiger partial charge < -0.3 is 10.2 Å². The number of piperidine rings is 1. The van der Waals surface area contributed by atoms with E-state index >= 15 is 0 Å². The quantitative estimate of drug-likeness (QED) is 0.633. The molecule has 1 aliphatic rings. The van der Waals surface area contributed by atoms with Crippen LogP contribution in [-0.2, 0) is 0 Å². The van der Waals surface area contributed by atoms with Crippen LogP contribution in [0.4, 0.5) is 11.4 Å². The molecular weight excluding hydrogens is 358 g/mol. The molecule has 1 aliphatic heterocycles. The molecule has 146 valence electrons. The first-order valence-corrected chi connectivity index (χ1v) is 9.36. The Morgan fingerprint density at radius 1 is 1.07 bits per heavy atom. The normalized spacial score (nSPS) is 19.1. The Labute approximate surface area is 163 Å². The molecule has 7 nitrogen and oxygen atoms in total. The lowest BCUT2D eigenvalue weighted by Crippen LogP contribution is -2.47. The number of likely N-dealkylation sites (tertiary alicyclic amines) is 1. The Bertz CT molecular complexity index is 902. The van der Waals surface area contributed by atoms with Crippen LogP contribution in [0.2, 0.25) is 0 Å². The molecule has 2 aromatic rings. The predicted molar refractivity (Wildman–Crippen MR) is 106 cm³/mol. The average Bonchev–Trinajstić information content (AvgIpc) is 2.68. The molecule has 1 N–H and O–H groups in total. The first kappa shape index (κ1) is 19.5. The number of carbonyl (C=O) groups excluding carboxylic acids is 2. The van der Waals surface area contributed by atoms with E-state index in [0.29, 0.717) is 11.3 Å². The highest BCUT2D eigenvalue weighted by molar-refractivity contribution is 6.09. The summed E-state index contributed by atoms with van der Waals surface area (Å²) in [5, 5.41) is 13.7. The summed E-state index contributed by atoms with van der Waals surface area (Å²) < 4.78 is 0. The monoisotopic (exact) mass is 381 g/mol. The van der Waals surface area contributed by atoms with Crippen LogP contribution < -0.4 is 5.32 Å². The maximum atomic E-state index is 13.2. The van der Waals surface area contributed by atoms with Crippen molar-refractivity contribution in [2.24, 2.45) is 0 Å². The van der Waals surface area contributed by atoms with Crippen molar-refractivity contribution >= 4 is 23.2 Å². The molecule has 0 aliphatic carbocycles. The van der Waals surface area contributed by atoms with Gasteiger partial charge in [0.1, 0.15) is 0 Å². The Morgan fingerprint density at radius 2 is 1.75 bits per heavy atom. The van der Waals surface area contributed by atoms with Gasteiger partial charge in [-0.3, -0.25) is 19.7 Å². The second-order valence-corrected chi connectivity index (χ2v) is 7.15. The van der Waals surface area contributed by atoms with Crippen LogP contribution in [0.3, 0.4) is 0 Å². The van der Waals surface area contributed by atoms with E-state index in [9.17, 15) is 19.7 Å². The highest BCUT2D eigenvalue weighted by Gasteiger charge is 2.31. The number of amides is 2. The molecule has 0 bridgehead atoms. The molecule has 3 rings (SSSR count). The summed E-state index contributed by atoms with van der Waals surface area (Å²) in [7, 11) is 0. The van der Waals surface area contributed by atoms with Crippen LogP contribution in [0.15, 0.2) is 48.5 Å². The van der Waals surface area contributed by atoms with Crippen molar-refractivity contribution in [3.63, 3.8) is 0 Å². The zero-order chi connectivity index (χ0) is 20.3. The molecule has 28 heavy (non-hydrogen) atoms. The van der Waals surface area contributed by atoms with Crippen LogP contribution in [0, 0.1) is 10.1 Å². The average molecular weight is 381 g/mol. The lowest BCUT2D eigenvalue weighted by Gasteiger charge is -2.39. The van der Waals surface area contributed by atoms with Crippen LogP contribution in [-0.4, -0.2) is 33.7 Å². The maximum absolute atomic E-state index is 13.2. The van der Waals surface area contributed by atoms with Crippen LogP contribution in [0.5, 0.6) is 0 Å². The number of nitro groups is 1. The fraction of sp³-hybridized carbons (Fsp3) is 0.333. The SMILES string of the molecule is C[C@@H]1CCC[C@@H](C)N1C(=O)c1ccccc1NC(=O)c1cccc([N+](=O)[O-])c1. The van der Waals surface area contributed by atoms with E-state index in [1.165, 1.54) is 24.3 Å². The van der Waals surface area contributed by atoms with Crippen molar-refractivity contribution in [2.75, 3.05) is 5.32 Å². The summed E-state index contributed by atoms with van der Waals surface area (Å²) in [5.74, 6) is -0.613.